The molecule has 2 saturated heterocycles. The van der Waals surface area contributed by atoms with Crippen LogP contribution in [0.4, 0.5) is 0 Å². The van der Waals surface area contributed by atoms with Crippen molar-refractivity contribution in [3.8, 4) is 0 Å². The van der Waals surface area contributed by atoms with Crippen LogP contribution in [0.25, 0.3) is 0 Å². The van der Waals surface area contributed by atoms with Gasteiger partial charge in [-0.25, -0.2) is 10.1 Å². The Morgan fingerprint density at radius 1 is 1.36 bits per heavy atom. The number of hydrogen-bond acceptors (Lipinski definition) is 8. The highest BCUT2D eigenvalue weighted by molar-refractivity contribution is 5.80. The first kappa shape index (κ1) is 16.8. The standard InChI is InChI=1S/C15H25N7O3/c1-24-10-3-4-15(25-2)5-6-21(12(15)7-10)14(23)11-8-16-18-13(11)22-9-17-19-20-22/h9-13,16,18H,3-8H2,1-2H3/t10-,11?,12-,13?,15+/m1/s1. The number of hydrazine groups is 1. The zero-order chi connectivity index (χ0) is 17.4. The number of carbonyl (C=O) groups is 1. The Bertz CT molecular complexity index is 612. The minimum absolute atomic E-state index is 0.0545. The topological polar surface area (TPSA) is 106 Å². The highest BCUT2D eigenvalue weighted by atomic mass is 16.5. The molecule has 3 fully saturated rings. The van der Waals surface area contributed by atoms with Gasteiger partial charge in [-0.1, -0.05) is 0 Å². The zero-order valence-electron chi connectivity index (χ0n) is 14.6. The summed E-state index contributed by atoms with van der Waals surface area (Å²) in [4.78, 5) is 15.3. The van der Waals surface area contributed by atoms with Gasteiger partial charge in [0.1, 0.15) is 12.5 Å². The van der Waals surface area contributed by atoms with Crippen LogP contribution < -0.4 is 10.9 Å². The summed E-state index contributed by atoms with van der Waals surface area (Å²) >= 11 is 0. The van der Waals surface area contributed by atoms with Crippen LogP contribution in [-0.4, -0.2) is 76.1 Å². The van der Waals surface area contributed by atoms with Gasteiger partial charge in [0.15, 0.2) is 0 Å². The van der Waals surface area contributed by atoms with Crippen molar-refractivity contribution in [2.75, 3.05) is 27.3 Å². The quantitative estimate of drug-likeness (QED) is 0.717. The van der Waals surface area contributed by atoms with Crippen molar-refractivity contribution in [2.45, 2.75) is 49.6 Å². The molecule has 0 radical (unpaired) electrons. The van der Waals surface area contributed by atoms with Crippen molar-refractivity contribution in [2.24, 2.45) is 5.92 Å². The Kier molecular flexibility index (Phi) is 4.44. The molecule has 0 aromatic carbocycles. The molecule has 10 nitrogen and oxygen atoms in total. The molecule has 2 unspecified atom stereocenters. The predicted molar refractivity (Wildman–Crippen MR) is 86.0 cm³/mol. The minimum atomic E-state index is -0.290. The van der Waals surface area contributed by atoms with Gasteiger partial charge < -0.3 is 14.4 Å². The van der Waals surface area contributed by atoms with E-state index >= 15 is 0 Å². The molecule has 10 heteroatoms. The lowest BCUT2D eigenvalue weighted by Gasteiger charge is -2.43. The molecule has 2 N–H and O–H groups in total. The molecular formula is C15H25N7O3. The number of tetrazole rings is 1. The number of rotatable bonds is 4. The number of likely N-dealkylation sites (tertiary alicyclic amines) is 1. The van der Waals surface area contributed by atoms with Crippen LogP contribution in [0, 0.1) is 5.92 Å². The first-order valence-electron chi connectivity index (χ1n) is 8.78. The maximum Gasteiger partial charge on any atom is 0.230 e. The third kappa shape index (κ3) is 2.73. The molecule has 25 heavy (non-hydrogen) atoms. The molecule has 0 bridgehead atoms. The Morgan fingerprint density at radius 3 is 2.96 bits per heavy atom. The van der Waals surface area contributed by atoms with Gasteiger partial charge in [-0.05, 0) is 36.1 Å². The second-order valence-electron chi connectivity index (χ2n) is 7.06. The fourth-order valence-corrected chi connectivity index (χ4v) is 4.61. The lowest BCUT2D eigenvalue weighted by Crippen LogP contribution is -2.54. The number of nitrogens with zero attached hydrogens (tertiary/aromatic N) is 5. The van der Waals surface area contributed by atoms with Crippen LogP contribution in [0.1, 0.15) is 31.8 Å². The second-order valence-corrected chi connectivity index (χ2v) is 7.06. The number of carbonyl (C=O) groups excluding carboxylic acids is 1. The smallest absolute Gasteiger partial charge is 0.230 e. The summed E-state index contributed by atoms with van der Waals surface area (Å²) in [6, 6.07) is 0.0545. The lowest BCUT2D eigenvalue weighted by molar-refractivity contribution is -0.145. The van der Waals surface area contributed by atoms with Crippen LogP contribution in [0.2, 0.25) is 0 Å². The Morgan fingerprint density at radius 2 is 2.24 bits per heavy atom. The van der Waals surface area contributed by atoms with Crippen molar-refractivity contribution in [3.05, 3.63) is 6.33 Å². The van der Waals surface area contributed by atoms with Crippen LogP contribution >= 0.6 is 0 Å². The van der Waals surface area contributed by atoms with Gasteiger partial charge in [-0.15, -0.1) is 5.10 Å². The van der Waals surface area contributed by atoms with E-state index in [0.717, 1.165) is 25.7 Å². The monoisotopic (exact) mass is 351 g/mol. The molecule has 1 aliphatic carbocycles. The van der Waals surface area contributed by atoms with Crippen molar-refractivity contribution in [1.82, 2.24) is 36.0 Å². The fraction of sp³-hybridized carbons (Fsp3) is 0.867. The maximum atomic E-state index is 13.3. The summed E-state index contributed by atoms with van der Waals surface area (Å²) in [6.07, 6.45) is 5.00. The third-order valence-corrected chi connectivity index (χ3v) is 6.08. The van der Waals surface area contributed by atoms with E-state index in [1.165, 1.54) is 6.33 Å². The number of aromatic nitrogens is 4. The average Bonchev–Trinajstić information content (AvgIpc) is 3.39. The molecular weight excluding hydrogens is 326 g/mol. The number of methoxy groups -OCH3 is 2. The van der Waals surface area contributed by atoms with Gasteiger partial charge in [0, 0.05) is 27.3 Å². The molecule has 0 spiro atoms. The number of hydrogen-bond donors (Lipinski definition) is 2. The largest absolute Gasteiger partial charge is 0.381 e. The van der Waals surface area contributed by atoms with Gasteiger partial charge in [-0.3, -0.25) is 10.2 Å². The van der Waals surface area contributed by atoms with Gasteiger partial charge in [0.25, 0.3) is 0 Å². The number of ether oxygens (including phenoxy) is 2. The summed E-state index contributed by atoms with van der Waals surface area (Å²) < 4.78 is 13.1. The lowest BCUT2D eigenvalue weighted by atomic mass is 9.79. The van der Waals surface area contributed by atoms with E-state index in [1.54, 1.807) is 18.9 Å². The van der Waals surface area contributed by atoms with Crippen LogP contribution in [0.3, 0.4) is 0 Å². The summed E-state index contributed by atoms with van der Waals surface area (Å²) in [5.41, 5.74) is 5.92. The maximum absolute atomic E-state index is 13.3. The van der Waals surface area contributed by atoms with Crippen molar-refractivity contribution >= 4 is 5.91 Å². The van der Waals surface area contributed by atoms with E-state index < -0.39 is 0 Å². The number of amides is 1. The van der Waals surface area contributed by atoms with Crippen LogP contribution in [0.5, 0.6) is 0 Å². The molecule has 4 rings (SSSR count). The fourth-order valence-electron chi connectivity index (χ4n) is 4.61. The first-order valence-corrected chi connectivity index (χ1v) is 8.78. The summed E-state index contributed by atoms with van der Waals surface area (Å²) in [6.45, 7) is 1.26. The Hall–Kier alpha value is -1.62. The summed E-state index contributed by atoms with van der Waals surface area (Å²) in [5, 5.41) is 11.3. The molecule has 3 aliphatic rings. The highest BCUT2D eigenvalue weighted by Gasteiger charge is 2.54. The molecule has 138 valence electrons. The molecule has 1 aromatic heterocycles. The van der Waals surface area contributed by atoms with Gasteiger partial charge in [-0.2, -0.15) is 0 Å². The molecule has 1 aromatic rings. The second kappa shape index (κ2) is 6.60. The van der Waals surface area contributed by atoms with Crippen molar-refractivity contribution in [3.63, 3.8) is 0 Å². The number of fused-ring (bicyclic) bond motifs is 1. The van der Waals surface area contributed by atoms with E-state index in [-0.39, 0.29) is 35.7 Å². The van der Waals surface area contributed by atoms with E-state index in [9.17, 15) is 4.79 Å². The van der Waals surface area contributed by atoms with Crippen molar-refractivity contribution < 1.29 is 14.3 Å². The van der Waals surface area contributed by atoms with E-state index in [1.807, 2.05) is 4.90 Å². The van der Waals surface area contributed by atoms with Crippen molar-refractivity contribution in [1.29, 1.82) is 0 Å². The third-order valence-electron chi connectivity index (χ3n) is 6.08. The molecule has 1 amide bonds. The zero-order valence-corrected chi connectivity index (χ0v) is 14.6. The van der Waals surface area contributed by atoms with Gasteiger partial charge in [0.05, 0.1) is 23.7 Å². The molecule has 5 atom stereocenters. The Balaban J connectivity index is 1.55. The van der Waals surface area contributed by atoms with Gasteiger partial charge >= 0.3 is 0 Å². The molecule has 1 saturated carbocycles. The van der Waals surface area contributed by atoms with Crippen LogP contribution in [-0.2, 0) is 14.3 Å². The summed E-state index contributed by atoms with van der Waals surface area (Å²) in [7, 11) is 3.50. The highest BCUT2D eigenvalue weighted by Crippen LogP contribution is 2.44. The average molecular weight is 351 g/mol. The summed E-state index contributed by atoms with van der Waals surface area (Å²) in [5.74, 6) is -0.155. The number of nitrogens with one attached hydrogen (secondary N) is 2. The van der Waals surface area contributed by atoms with E-state index in [2.05, 4.69) is 26.4 Å². The van der Waals surface area contributed by atoms with E-state index in [0.29, 0.717) is 13.1 Å². The SMILES string of the molecule is CO[C@@H]1CC[C@]2(OC)CCN(C(=O)C3CNNC3n3cnnn3)[C@@H]2C1. The van der Waals surface area contributed by atoms with Gasteiger partial charge in [0.2, 0.25) is 5.91 Å². The normalized spacial score (nSPS) is 38.1. The predicted octanol–water partition coefficient (Wildman–Crippen LogP) is -0.919. The minimum Gasteiger partial charge on any atom is -0.381 e. The molecule has 3 heterocycles. The van der Waals surface area contributed by atoms with Crippen LogP contribution in [0.15, 0.2) is 6.33 Å². The van der Waals surface area contributed by atoms with E-state index in [4.69, 9.17) is 9.47 Å². The first-order chi connectivity index (χ1) is 12.2. The molecule has 2 aliphatic heterocycles. The Labute approximate surface area is 146 Å².